The fourth-order valence-corrected chi connectivity index (χ4v) is 5.20. The minimum Gasteiger partial charge on any atom is -0.277 e. The number of pyridine rings is 1. The standard InChI is InChI=1S/C12H6Br3N3O2S/c13-7-3-10(14)12(11(15)4-7)18-21(19,20)9-2-1-8(5-16)17-6-9/h1-4,6,18H. The number of sulfonamides is 1. The zero-order chi connectivity index (χ0) is 15.6. The molecule has 2 rings (SSSR count). The second kappa shape index (κ2) is 6.44. The van der Waals surface area contributed by atoms with Crippen LogP contribution in [0.2, 0.25) is 0 Å². The summed E-state index contributed by atoms with van der Waals surface area (Å²) in [5.74, 6) is 0. The van der Waals surface area contributed by atoms with Crippen LogP contribution in [0.4, 0.5) is 5.69 Å². The van der Waals surface area contributed by atoms with Gasteiger partial charge in [-0.1, -0.05) is 15.9 Å². The molecule has 1 aromatic carbocycles. The van der Waals surface area contributed by atoms with Gasteiger partial charge in [0.1, 0.15) is 16.7 Å². The topological polar surface area (TPSA) is 82.8 Å². The predicted octanol–water partition coefficient (Wildman–Crippen LogP) is 4.04. The molecule has 0 atom stereocenters. The molecule has 9 heteroatoms. The van der Waals surface area contributed by atoms with Crippen LogP contribution >= 0.6 is 47.8 Å². The molecule has 5 nitrogen and oxygen atoms in total. The van der Waals surface area contributed by atoms with E-state index in [-0.39, 0.29) is 10.6 Å². The monoisotopic (exact) mass is 493 g/mol. The highest BCUT2D eigenvalue weighted by molar-refractivity contribution is 9.11. The summed E-state index contributed by atoms with van der Waals surface area (Å²) in [5.41, 5.74) is 0.530. The Morgan fingerprint density at radius 1 is 1.14 bits per heavy atom. The summed E-state index contributed by atoms with van der Waals surface area (Å²) in [6.45, 7) is 0. The predicted molar refractivity (Wildman–Crippen MR) is 89.3 cm³/mol. The Morgan fingerprint density at radius 3 is 2.24 bits per heavy atom. The van der Waals surface area contributed by atoms with Gasteiger partial charge in [0.05, 0.1) is 5.69 Å². The molecule has 0 saturated carbocycles. The molecule has 0 amide bonds. The van der Waals surface area contributed by atoms with Gasteiger partial charge in [-0.2, -0.15) is 5.26 Å². The number of nitrogens with one attached hydrogen (secondary N) is 1. The van der Waals surface area contributed by atoms with E-state index in [0.29, 0.717) is 14.6 Å². The van der Waals surface area contributed by atoms with Crippen LogP contribution in [0.1, 0.15) is 5.69 Å². The SMILES string of the molecule is N#Cc1ccc(S(=O)(=O)Nc2c(Br)cc(Br)cc2Br)cn1. The highest BCUT2D eigenvalue weighted by Crippen LogP contribution is 2.35. The summed E-state index contributed by atoms with van der Waals surface area (Å²) in [4.78, 5) is 3.73. The number of benzene rings is 1. The second-order valence-electron chi connectivity index (χ2n) is 3.84. The van der Waals surface area contributed by atoms with Crippen LogP contribution < -0.4 is 4.72 Å². The Balaban J connectivity index is 2.40. The molecule has 0 fully saturated rings. The van der Waals surface area contributed by atoms with Gasteiger partial charge < -0.3 is 0 Å². The van der Waals surface area contributed by atoms with Gasteiger partial charge in [-0.25, -0.2) is 13.4 Å². The van der Waals surface area contributed by atoms with Gasteiger partial charge in [0.15, 0.2) is 0 Å². The van der Waals surface area contributed by atoms with Crippen LogP contribution in [0.15, 0.2) is 48.8 Å². The number of halogens is 3. The smallest absolute Gasteiger partial charge is 0.263 e. The van der Waals surface area contributed by atoms with E-state index in [1.807, 2.05) is 6.07 Å². The van der Waals surface area contributed by atoms with Gasteiger partial charge in [-0.05, 0) is 56.1 Å². The molecular formula is C12H6Br3N3O2S. The van der Waals surface area contributed by atoms with Crippen molar-refractivity contribution in [2.45, 2.75) is 4.90 Å². The fraction of sp³-hybridized carbons (Fsp3) is 0. The Hall–Kier alpha value is -0.950. The Kier molecular flexibility index (Phi) is 5.03. The summed E-state index contributed by atoms with van der Waals surface area (Å²) in [5, 5.41) is 8.67. The van der Waals surface area contributed by atoms with Crippen molar-refractivity contribution in [2.75, 3.05) is 4.72 Å². The second-order valence-corrected chi connectivity index (χ2v) is 8.15. The van der Waals surface area contributed by atoms with Crippen molar-refractivity contribution in [2.24, 2.45) is 0 Å². The van der Waals surface area contributed by atoms with Crippen molar-refractivity contribution < 1.29 is 8.42 Å². The zero-order valence-electron chi connectivity index (χ0n) is 10.1. The Labute approximate surface area is 146 Å². The number of anilines is 1. The van der Waals surface area contributed by atoms with Crippen molar-refractivity contribution in [3.05, 3.63) is 49.6 Å². The fourth-order valence-electron chi connectivity index (χ4n) is 1.44. The minimum absolute atomic E-state index is 0.0248. The van der Waals surface area contributed by atoms with Gasteiger partial charge in [0.2, 0.25) is 0 Å². The molecule has 1 aromatic heterocycles. The molecule has 0 aliphatic heterocycles. The highest BCUT2D eigenvalue weighted by Gasteiger charge is 2.18. The first kappa shape index (κ1) is 16.4. The van der Waals surface area contributed by atoms with E-state index < -0.39 is 10.0 Å². The van der Waals surface area contributed by atoms with Crippen molar-refractivity contribution >= 4 is 63.5 Å². The van der Waals surface area contributed by atoms with Crippen LogP contribution in [0.3, 0.4) is 0 Å². The van der Waals surface area contributed by atoms with E-state index in [1.165, 1.54) is 12.1 Å². The maximum atomic E-state index is 12.3. The Morgan fingerprint density at radius 2 is 1.76 bits per heavy atom. The minimum atomic E-state index is -3.79. The third-order valence-electron chi connectivity index (χ3n) is 2.40. The molecule has 1 N–H and O–H groups in total. The lowest BCUT2D eigenvalue weighted by Gasteiger charge is -2.12. The van der Waals surface area contributed by atoms with Crippen molar-refractivity contribution in [3.8, 4) is 6.07 Å². The average Bonchev–Trinajstić information content (AvgIpc) is 2.43. The normalized spacial score (nSPS) is 11.0. The quantitative estimate of drug-likeness (QED) is 0.696. The lowest BCUT2D eigenvalue weighted by Crippen LogP contribution is -2.14. The van der Waals surface area contributed by atoms with E-state index in [2.05, 4.69) is 57.5 Å². The lowest BCUT2D eigenvalue weighted by molar-refractivity contribution is 0.600. The number of aromatic nitrogens is 1. The van der Waals surface area contributed by atoms with Crippen molar-refractivity contribution in [3.63, 3.8) is 0 Å². The summed E-state index contributed by atoms with van der Waals surface area (Å²) >= 11 is 9.91. The third kappa shape index (κ3) is 3.83. The maximum absolute atomic E-state index is 12.3. The van der Waals surface area contributed by atoms with Crippen molar-refractivity contribution in [1.29, 1.82) is 5.26 Å². The number of nitriles is 1. The van der Waals surface area contributed by atoms with E-state index in [1.54, 1.807) is 12.1 Å². The van der Waals surface area contributed by atoms with Gasteiger partial charge in [-0.15, -0.1) is 0 Å². The van der Waals surface area contributed by atoms with Crippen LogP contribution in [0.5, 0.6) is 0 Å². The molecule has 0 bridgehead atoms. The van der Waals surface area contributed by atoms with Gasteiger partial charge >= 0.3 is 0 Å². The van der Waals surface area contributed by atoms with Gasteiger partial charge in [0.25, 0.3) is 10.0 Å². The van der Waals surface area contributed by atoms with Gasteiger partial charge in [0, 0.05) is 19.6 Å². The average molecular weight is 496 g/mol. The van der Waals surface area contributed by atoms with Crippen LogP contribution in [0, 0.1) is 11.3 Å². The summed E-state index contributed by atoms with van der Waals surface area (Å²) in [6, 6.07) is 7.95. The molecule has 0 aliphatic rings. The highest BCUT2D eigenvalue weighted by atomic mass is 79.9. The first-order chi connectivity index (χ1) is 9.83. The lowest BCUT2D eigenvalue weighted by atomic mass is 10.3. The molecular weight excluding hydrogens is 490 g/mol. The molecule has 21 heavy (non-hydrogen) atoms. The van der Waals surface area contributed by atoms with Crippen LogP contribution in [0.25, 0.3) is 0 Å². The first-order valence-corrected chi connectivity index (χ1v) is 9.23. The largest absolute Gasteiger partial charge is 0.277 e. The number of rotatable bonds is 3. The molecule has 108 valence electrons. The number of hydrogen-bond acceptors (Lipinski definition) is 4. The zero-order valence-corrected chi connectivity index (χ0v) is 15.7. The van der Waals surface area contributed by atoms with Gasteiger partial charge in [-0.3, -0.25) is 4.72 Å². The molecule has 0 aliphatic carbocycles. The number of nitrogens with zero attached hydrogens (tertiary/aromatic N) is 2. The third-order valence-corrected chi connectivity index (χ3v) is 5.45. The van der Waals surface area contributed by atoms with Crippen molar-refractivity contribution in [1.82, 2.24) is 4.98 Å². The van der Waals surface area contributed by atoms with E-state index >= 15 is 0 Å². The Bertz CT molecular complexity index is 807. The molecule has 0 unspecified atom stereocenters. The maximum Gasteiger partial charge on any atom is 0.263 e. The van der Waals surface area contributed by atoms with E-state index in [9.17, 15) is 8.42 Å². The summed E-state index contributed by atoms with van der Waals surface area (Å²) < 4.78 is 29.0. The number of hydrogen-bond donors (Lipinski definition) is 1. The first-order valence-electron chi connectivity index (χ1n) is 5.37. The van der Waals surface area contributed by atoms with E-state index in [0.717, 1.165) is 10.7 Å². The van der Waals surface area contributed by atoms with E-state index in [4.69, 9.17) is 5.26 Å². The molecule has 2 aromatic rings. The van der Waals surface area contributed by atoms with Crippen LogP contribution in [-0.2, 0) is 10.0 Å². The molecule has 0 radical (unpaired) electrons. The van der Waals surface area contributed by atoms with Crippen LogP contribution in [-0.4, -0.2) is 13.4 Å². The molecule has 0 spiro atoms. The summed E-state index contributed by atoms with van der Waals surface area (Å²) in [7, 11) is -3.79. The summed E-state index contributed by atoms with van der Waals surface area (Å²) in [6.07, 6.45) is 1.14. The molecule has 1 heterocycles. The molecule has 0 saturated heterocycles.